The molecule has 0 amide bonds. The Balaban J connectivity index is 2.54. The summed E-state index contributed by atoms with van der Waals surface area (Å²) < 4.78 is 5.24. The Bertz CT molecular complexity index is 243. The van der Waals surface area contributed by atoms with E-state index in [2.05, 4.69) is 19.1 Å². The number of hydrogen-bond donors (Lipinski definition) is 0. The summed E-state index contributed by atoms with van der Waals surface area (Å²) in [6.45, 7) is 2.22. The van der Waals surface area contributed by atoms with Gasteiger partial charge in [0.15, 0.2) is 0 Å². The van der Waals surface area contributed by atoms with Crippen LogP contribution in [0.3, 0.4) is 0 Å². The van der Waals surface area contributed by atoms with Gasteiger partial charge in [-0.3, -0.25) is 0 Å². The molecule has 0 heterocycles. The van der Waals surface area contributed by atoms with Gasteiger partial charge in [-0.05, 0) is 30.5 Å². The van der Waals surface area contributed by atoms with Gasteiger partial charge < -0.3 is 4.74 Å². The molecule has 0 saturated carbocycles. The standard InChI is InChI=1S/C12H17O/c1-3-4-5-8-11-9-6-7-10-12(11)13-2/h6,9-10H,3-5,8H2,1-2H3. The van der Waals surface area contributed by atoms with Crippen LogP contribution in [0.4, 0.5) is 0 Å². The van der Waals surface area contributed by atoms with Crippen LogP contribution < -0.4 is 4.74 Å². The maximum atomic E-state index is 5.24. The van der Waals surface area contributed by atoms with E-state index in [-0.39, 0.29) is 0 Å². The molecule has 71 valence electrons. The van der Waals surface area contributed by atoms with Crippen LogP contribution in [0, 0.1) is 6.07 Å². The molecular weight excluding hydrogens is 160 g/mol. The molecule has 0 saturated heterocycles. The molecule has 0 fully saturated rings. The number of rotatable bonds is 5. The minimum absolute atomic E-state index is 0.971. The maximum Gasteiger partial charge on any atom is 0.122 e. The van der Waals surface area contributed by atoms with Gasteiger partial charge >= 0.3 is 0 Å². The minimum atomic E-state index is 0.971. The normalized spacial score (nSPS) is 10.0. The summed E-state index contributed by atoms with van der Waals surface area (Å²) in [5.74, 6) is 0.971. The first kappa shape index (κ1) is 10.1. The Labute approximate surface area is 80.7 Å². The van der Waals surface area contributed by atoms with Crippen LogP contribution in [0.2, 0.25) is 0 Å². The van der Waals surface area contributed by atoms with Gasteiger partial charge in [0, 0.05) is 0 Å². The van der Waals surface area contributed by atoms with E-state index in [1.165, 1.54) is 24.8 Å². The molecule has 0 aromatic heterocycles. The quantitative estimate of drug-likeness (QED) is 0.627. The zero-order chi connectivity index (χ0) is 9.52. The minimum Gasteiger partial charge on any atom is -0.496 e. The average molecular weight is 177 g/mol. The van der Waals surface area contributed by atoms with Gasteiger partial charge in [-0.25, -0.2) is 0 Å². The van der Waals surface area contributed by atoms with Crippen LogP contribution in [-0.4, -0.2) is 7.11 Å². The van der Waals surface area contributed by atoms with E-state index in [1.807, 2.05) is 12.1 Å². The number of unbranched alkanes of at least 4 members (excludes halogenated alkanes) is 2. The van der Waals surface area contributed by atoms with Crippen molar-refractivity contribution < 1.29 is 4.74 Å². The number of aryl methyl sites for hydroxylation is 1. The van der Waals surface area contributed by atoms with Gasteiger partial charge in [0.2, 0.25) is 0 Å². The van der Waals surface area contributed by atoms with Crippen molar-refractivity contribution in [2.45, 2.75) is 32.6 Å². The van der Waals surface area contributed by atoms with Gasteiger partial charge in [-0.15, -0.1) is 0 Å². The summed E-state index contributed by atoms with van der Waals surface area (Å²) >= 11 is 0. The number of benzene rings is 1. The third kappa shape index (κ3) is 3.10. The average Bonchev–Trinajstić information content (AvgIpc) is 2.19. The molecule has 0 aliphatic rings. The summed E-state index contributed by atoms with van der Waals surface area (Å²) in [5.41, 5.74) is 1.30. The number of methoxy groups -OCH3 is 1. The lowest BCUT2D eigenvalue weighted by Crippen LogP contribution is -1.91. The summed E-state index contributed by atoms with van der Waals surface area (Å²) in [5, 5.41) is 0. The van der Waals surface area contributed by atoms with E-state index in [0.29, 0.717) is 0 Å². The first-order chi connectivity index (χ1) is 6.38. The Morgan fingerprint density at radius 2 is 2.23 bits per heavy atom. The molecule has 13 heavy (non-hydrogen) atoms. The first-order valence-corrected chi connectivity index (χ1v) is 4.91. The van der Waals surface area contributed by atoms with Crippen LogP contribution in [-0.2, 0) is 6.42 Å². The zero-order valence-electron chi connectivity index (χ0n) is 8.47. The number of ether oxygens (including phenoxy) is 1. The highest BCUT2D eigenvalue weighted by molar-refractivity contribution is 5.32. The molecular formula is C12H17O. The highest BCUT2D eigenvalue weighted by Crippen LogP contribution is 2.19. The van der Waals surface area contributed by atoms with Crippen LogP contribution in [0.1, 0.15) is 31.7 Å². The maximum absolute atomic E-state index is 5.24. The van der Waals surface area contributed by atoms with E-state index >= 15 is 0 Å². The molecule has 0 N–H and O–H groups in total. The van der Waals surface area contributed by atoms with Crippen molar-refractivity contribution in [1.82, 2.24) is 0 Å². The van der Waals surface area contributed by atoms with Crippen molar-refractivity contribution in [3.05, 3.63) is 29.8 Å². The van der Waals surface area contributed by atoms with Crippen molar-refractivity contribution in [3.8, 4) is 5.75 Å². The highest BCUT2D eigenvalue weighted by atomic mass is 16.5. The third-order valence-corrected chi connectivity index (χ3v) is 2.18. The van der Waals surface area contributed by atoms with Crippen LogP contribution in [0.25, 0.3) is 0 Å². The fourth-order valence-corrected chi connectivity index (χ4v) is 1.41. The Morgan fingerprint density at radius 1 is 1.38 bits per heavy atom. The fraction of sp³-hybridized carbons (Fsp3) is 0.500. The van der Waals surface area contributed by atoms with E-state index < -0.39 is 0 Å². The topological polar surface area (TPSA) is 9.23 Å². The second-order valence-corrected chi connectivity index (χ2v) is 3.20. The van der Waals surface area contributed by atoms with Crippen molar-refractivity contribution in [3.63, 3.8) is 0 Å². The predicted molar refractivity (Wildman–Crippen MR) is 55.1 cm³/mol. The monoisotopic (exact) mass is 177 g/mol. The van der Waals surface area contributed by atoms with Crippen molar-refractivity contribution >= 4 is 0 Å². The number of hydrogen-bond acceptors (Lipinski definition) is 1. The van der Waals surface area contributed by atoms with Crippen LogP contribution >= 0.6 is 0 Å². The molecule has 0 bridgehead atoms. The van der Waals surface area contributed by atoms with Gasteiger partial charge in [0.05, 0.1) is 7.11 Å². The highest BCUT2D eigenvalue weighted by Gasteiger charge is 1.99. The predicted octanol–water partition coefficient (Wildman–Crippen LogP) is 3.23. The Morgan fingerprint density at radius 3 is 2.92 bits per heavy atom. The van der Waals surface area contributed by atoms with Gasteiger partial charge in [-0.1, -0.05) is 31.9 Å². The second kappa shape index (κ2) is 5.63. The molecule has 1 nitrogen and oxygen atoms in total. The van der Waals surface area contributed by atoms with Crippen LogP contribution in [0.15, 0.2) is 18.2 Å². The Kier molecular flexibility index (Phi) is 4.37. The summed E-state index contributed by atoms with van der Waals surface area (Å²) in [7, 11) is 1.71. The molecule has 0 unspecified atom stereocenters. The van der Waals surface area contributed by atoms with E-state index in [0.717, 1.165) is 12.2 Å². The smallest absolute Gasteiger partial charge is 0.122 e. The molecule has 0 aliphatic carbocycles. The van der Waals surface area contributed by atoms with Crippen LogP contribution in [0.5, 0.6) is 5.75 Å². The van der Waals surface area contributed by atoms with Crippen molar-refractivity contribution in [2.75, 3.05) is 7.11 Å². The molecule has 1 radical (unpaired) electrons. The van der Waals surface area contributed by atoms with E-state index in [1.54, 1.807) is 7.11 Å². The van der Waals surface area contributed by atoms with Crippen molar-refractivity contribution in [2.24, 2.45) is 0 Å². The van der Waals surface area contributed by atoms with Gasteiger partial charge in [0.1, 0.15) is 5.75 Å². The van der Waals surface area contributed by atoms with Gasteiger partial charge in [-0.2, -0.15) is 0 Å². The second-order valence-electron chi connectivity index (χ2n) is 3.20. The summed E-state index contributed by atoms with van der Waals surface area (Å²) in [4.78, 5) is 0. The third-order valence-electron chi connectivity index (χ3n) is 2.18. The van der Waals surface area contributed by atoms with E-state index in [9.17, 15) is 0 Å². The molecule has 0 spiro atoms. The first-order valence-electron chi connectivity index (χ1n) is 4.91. The zero-order valence-corrected chi connectivity index (χ0v) is 8.47. The lowest BCUT2D eigenvalue weighted by molar-refractivity contribution is 0.408. The largest absolute Gasteiger partial charge is 0.496 e. The molecule has 1 rings (SSSR count). The molecule has 1 aromatic rings. The molecule has 1 aromatic carbocycles. The summed E-state index contributed by atoms with van der Waals surface area (Å²) in [6, 6.07) is 8.96. The Hall–Kier alpha value is -0.980. The fourth-order valence-electron chi connectivity index (χ4n) is 1.41. The van der Waals surface area contributed by atoms with E-state index in [4.69, 9.17) is 4.74 Å². The van der Waals surface area contributed by atoms with Crippen molar-refractivity contribution in [1.29, 1.82) is 0 Å². The SMILES string of the molecule is CCCCCc1cc[c]cc1OC. The lowest BCUT2D eigenvalue weighted by atomic mass is 10.1. The summed E-state index contributed by atoms with van der Waals surface area (Å²) in [6.07, 6.45) is 4.92. The molecule has 0 aliphatic heterocycles. The molecule has 0 atom stereocenters. The molecule has 1 heteroatoms. The van der Waals surface area contributed by atoms with Gasteiger partial charge in [0.25, 0.3) is 0 Å². The lowest BCUT2D eigenvalue weighted by Gasteiger charge is -2.06.